The van der Waals surface area contributed by atoms with E-state index < -0.39 is 97.5 Å². The Morgan fingerprint density at radius 3 is 0.750 bits per heavy atom. The second-order valence-electron chi connectivity index (χ2n) is 26.2. The molecule has 0 saturated carbocycles. The van der Waals surface area contributed by atoms with Gasteiger partial charge in [0.25, 0.3) is 15.6 Å². The molecule has 0 amide bonds. The largest absolute Gasteiger partial charge is 0.756 e. The number of esters is 4. The van der Waals surface area contributed by atoms with E-state index in [0.29, 0.717) is 25.7 Å². The third kappa shape index (κ3) is 72.3. The van der Waals surface area contributed by atoms with E-state index in [4.69, 9.17) is 37.0 Å². The van der Waals surface area contributed by atoms with Crippen molar-refractivity contribution in [3.05, 3.63) is 97.2 Å². The van der Waals surface area contributed by atoms with Gasteiger partial charge in [-0.3, -0.25) is 28.3 Å². The van der Waals surface area contributed by atoms with Gasteiger partial charge >= 0.3 is 23.9 Å². The lowest BCUT2D eigenvalue weighted by Gasteiger charge is -2.28. The van der Waals surface area contributed by atoms with Gasteiger partial charge in [-0.25, -0.2) is 0 Å². The van der Waals surface area contributed by atoms with Gasteiger partial charge in [-0.15, -0.1) is 0 Å². The number of carbonyl (C=O) groups excluding carboxylic acids is 4. The lowest BCUT2D eigenvalue weighted by molar-refractivity contribution is -0.233. The molecule has 0 rings (SSSR count). The van der Waals surface area contributed by atoms with Gasteiger partial charge in [0.2, 0.25) is 0 Å². The molecule has 0 aromatic carbocycles. The second-order valence-corrected chi connectivity index (χ2v) is 29.1. The molecular weight excluding hydrogens is 1310 g/mol. The molecule has 0 aliphatic carbocycles. The molecule has 0 saturated heterocycles. The first kappa shape index (κ1) is 96.0. The van der Waals surface area contributed by atoms with Crippen molar-refractivity contribution in [1.82, 2.24) is 0 Å². The SMILES string of the molecule is CCCCC/C=C\C/C=C\CCCCCCCC(=O)OC[C@H](COP(=O)([O-])OCC(O)COP(=O)([O-])OC[C@@H](COC(=O)CCCCCCC/C=C\C/C=C\CCCCC)OC(=O)CCCCCCC/C=C\C/C=C\CCCCC)OC(=O)CCCCCCC/C=C\C/C=C\CCCCC. The van der Waals surface area contributed by atoms with Crippen LogP contribution in [-0.4, -0.2) is 86.9 Å². The first-order chi connectivity index (χ1) is 48.7. The molecule has 578 valence electrons. The van der Waals surface area contributed by atoms with Crippen LogP contribution in [0.4, 0.5) is 0 Å². The molecule has 17 nitrogen and oxygen atoms in total. The Labute approximate surface area is 607 Å². The fourth-order valence-corrected chi connectivity index (χ4v) is 11.9. The van der Waals surface area contributed by atoms with E-state index in [1.807, 2.05) is 0 Å². The van der Waals surface area contributed by atoms with Crippen LogP contribution in [0, 0.1) is 0 Å². The molecule has 0 aliphatic rings. The highest BCUT2D eigenvalue weighted by Gasteiger charge is 2.25. The number of allylic oxidation sites excluding steroid dienone is 16. The second kappa shape index (κ2) is 73.3. The van der Waals surface area contributed by atoms with Crippen molar-refractivity contribution in [3.8, 4) is 0 Å². The molecule has 0 spiro atoms. The number of phosphoric ester groups is 2. The molecule has 0 aromatic rings. The average Bonchev–Trinajstić information content (AvgIpc) is 1.01. The van der Waals surface area contributed by atoms with Crippen LogP contribution in [0.2, 0.25) is 0 Å². The molecule has 0 radical (unpaired) electrons. The number of ether oxygens (including phenoxy) is 4. The first-order valence-corrected chi connectivity index (χ1v) is 42.4. The van der Waals surface area contributed by atoms with Crippen LogP contribution in [0.15, 0.2) is 97.2 Å². The number of hydrogen-bond donors (Lipinski definition) is 1. The van der Waals surface area contributed by atoms with Gasteiger partial charge in [-0.1, -0.05) is 253 Å². The summed E-state index contributed by atoms with van der Waals surface area (Å²) >= 11 is 0. The average molecular weight is 1450 g/mol. The molecule has 0 aromatic heterocycles. The van der Waals surface area contributed by atoms with Gasteiger partial charge in [0.1, 0.15) is 19.3 Å². The van der Waals surface area contributed by atoms with Crippen molar-refractivity contribution < 1.29 is 80.2 Å². The summed E-state index contributed by atoms with van der Waals surface area (Å²) in [6.45, 7) is 4.33. The third-order valence-electron chi connectivity index (χ3n) is 16.5. The molecule has 2 unspecified atom stereocenters. The fraction of sp³-hybridized carbons (Fsp3) is 0.753. The van der Waals surface area contributed by atoms with Gasteiger partial charge in [0.05, 0.1) is 26.4 Å². The number of unbranched alkanes of at least 4 members (excludes halogenated alkanes) is 32. The minimum absolute atomic E-state index is 0.0549. The predicted octanol–water partition coefficient (Wildman–Crippen LogP) is 21.5. The zero-order chi connectivity index (χ0) is 73.2. The Kier molecular flexibility index (Phi) is 70.4. The predicted molar refractivity (Wildman–Crippen MR) is 404 cm³/mol. The Morgan fingerprint density at radius 2 is 0.500 bits per heavy atom. The Hall–Kier alpha value is -4.02. The number of rotatable bonds is 74. The van der Waals surface area contributed by atoms with E-state index in [0.717, 1.165) is 180 Å². The molecule has 100 heavy (non-hydrogen) atoms. The third-order valence-corrected chi connectivity index (χ3v) is 18.3. The molecule has 0 fully saturated rings. The van der Waals surface area contributed by atoms with E-state index in [-0.39, 0.29) is 25.7 Å². The number of aliphatic hydroxyl groups is 1. The highest BCUT2D eigenvalue weighted by atomic mass is 31.2. The van der Waals surface area contributed by atoms with Gasteiger partial charge < -0.3 is 51.9 Å². The van der Waals surface area contributed by atoms with Gasteiger partial charge in [-0.05, 0) is 154 Å². The van der Waals surface area contributed by atoms with Crippen molar-refractivity contribution >= 4 is 39.5 Å². The molecular formula is C81H140O17P2-2. The maximum atomic E-state index is 13.0. The van der Waals surface area contributed by atoms with Crippen molar-refractivity contribution in [2.45, 2.75) is 354 Å². The van der Waals surface area contributed by atoms with Crippen molar-refractivity contribution in [2.24, 2.45) is 0 Å². The summed E-state index contributed by atoms with van der Waals surface area (Å²) in [4.78, 5) is 77.6. The Morgan fingerprint density at radius 1 is 0.290 bits per heavy atom. The zero-order valence-electron chi connectivity index (χ0n) is 63.0. The normalized spacial score (nSPS) is 14.4. The maximum Gasteiger partial charge on any atom is 0.306 e. The summed E-state index contributed by atoms with van der Waals surface area (Å²) < 4.78 is 67.7. The van der Waals surface area contributed by atoms with Crippen LogP contribution < -0.4 is 9.79 Å². The van der Waals surface area contributed by atoms with Crippen LogP contribution in [0.5, 0.6) is 0 Å². The first-order valence-electron chi connectivity index (χ1n) is 39.4. The van der Waals surface area contributed by atoms with Gasteiger partial charge in [-0.2, -0.15) is 0 Å². The van der Waals surface area contributed by atoms with E-state index in [1.165, 1.54) is 77.0 Å². The summed E-state index contributed by atoms with van der Waals surface area (Å²) in [6, 6.07) is 0. The van der Waals surface area contributed by atoms with Crippen LogP contribution >= 0.6 is 15.6 Å². The lowest BCUT2D eigenvalue weighted by Crippen LogP contribution is -2.31. The molecule has 1 N–H and O–H groups in total. The van der Waals surface area contributed by atoms with E-state index in [9.17, 15) is 43.2 Å². The van der Waals surface area contributed by atoms with Crippen molar-refractivity contribution in [1.29, 1.82) is 0 Å². The van der Waals surface area contributed by atoms with E-state index >= 15 is 0 Å². The minimum Gasteiger partial charge on any atom is -0.756 e. The van der Waals surface area contributed by atoms with E-state index in [1.54, 1.807) is 0 Å². The topological polar surface area (TPSA) is 243 Å². The molecule has 0 aliphatic heterocycles. The van der Waals surface area contributed by atoms with Gasteiger partial charge in [0.15, 0.2) is 12.2 Å². The maximum absolute atomic E-state index is 13.0. The fourth-order valence-electron chi connectivity index (χ4n) is 10.4. The number of carbonyl (C=O) groups is 4. The summed E-state index contributed by atoms with van der Waals surface area (Å²) in [6.07, 6.45) is 76.0. The van der Waals surface area contributed by atoms with Crippen LogP contribution in [0.3, 0.4) is 0 Å². The lowest BCUT2D eigenvalue weighted by atomic mass is 10.1. The van der Waals surface area contributed by atoms with Crippen LogP contribution in [0.1, 0.15) is 336 Å². The van der Waals surface area contributed by atoms with E-state index in [2.05, 4.69) is 125 Å². The Bertz CT molecular complexity index is 2120. The molecule has 0 bridgehead atoms. The summed E-state index contributed by atoms with van der Waals surface area (Å²) in [7, 11) is -10.5. The number of hydrogen-bond acceptors (Lipinski definition) is 17. The highest BCUT2D eigenvalue weighted by Crippen LogP contribution is 2.41. The quantitative estimate of drug-likeness (QED) is 0.0196. The van der Waals surface area contributed by atoms with Crippen molar-refractivity contribution in [2.75, 3.05) is 39.6 Å². The van der Waals surface area contributed by atoms with Crippen LogP contribution in [-0.2, 0) is 65.4 Å². The standard InChI is InChI=1S/C81H142O17P2/c1-5-9-13-17-21-25-29-33-37-41-45-49-53-57-61-65-78(83)91-71-76(97-80(85)67-63-59-55-51-47-43-39-35-31-27-23-19-15-11-7-3)73-95-99(87,88)93-69-75(82)70-94-100(89,90)96-74-77(98-81(86)68-64-60-56-52-48-44-40-36-32-28-24-20-16-12-8-4)72-92-79(84)66-62-58-54-50-46-42-38-34-30-26-22-18-14-10-6-2/h21-28,33-40,75-77,82H,5-20,29-32,41-74H2,1-4H3,(H,87,88)(H,89,90)/p-2/b25-21-,26-22-,27-23-,28-24-,37-33-,38-34-,39-35-,40-36-/t76-,77-/m1/s1. The summed E-state index contributed by atoms with van der Waals surface area (Å²) in [5.41, 5.74) is 0. The summed E-state index contributed by atoms with van der Waals surface area (Å²) in [5.74, 6) is -2.32. The molecule has 4 atom stereocenters. The molecule has 0 heterocycles. The number of aliphatic hydroxyl groups excluding tert-OH is 1. The van der Waals surface area contributed by atoms with Crippen LogP contribution in [0.25, 0.3) is 0 Å². The molecule has 19 heteroatoms. The Balaban J connectivity index is 5.40. The zero-order valence-corrected chi connectivity index (χ0v) is 64.8. The van der Waals surface area contributed by atoms with Crippen molar-refractivity contribution in [3.63, 3.8) is 0 Å². The highest BCUT2D eigenvalue weighted by molar-refractivity contribution is 7.46. The minimum atomic E-state index is -5.25. The number of phosphoric acid groups is 2. The smallest absolute Gasteiger partial charge is 0.306 e. The summed E-state index contributed by atoms with van der Waals surface area (Å²) in [5, 5.41) is 10.6. The van der Waals surface area contributed by atoms with Gasteiger partial charge in [0, 0.05) is 25.7 Å². The monoisotopic (exact) mass is 1450 g/mol.